The smallest absolute Gasteiger partial charge is 0.258 e. The van der Waals surface area contributed by atoms with Gasteiger partial charge in [0, 0.05) is 33.7 Å². The minimum atomic E-state index is -3.57. The zero-order valence-corrected chi connectivity index (χ0v) is 21.2. The molecule has 0 aliphatic rings. The molecule has 2 aromatic rings. The standard InChI is InChI=1S/C22H31N3O6S2/c1-6-25(7-2)33(29,30)20-12-13-21(17(3)14-20)31-16-22(26)23-15-18-8-10-19(11-9-18)32(27,28)24(4)5/h8-14H,6-7,15-16H2,1-5H3,(H,23,26). The normalized spacial score (nSPS) is 12.2. The highest BCUT2D eigenvalue weighted by Crippen LogP contribution is 2.24. The number of carbonyl (C=O) groups excluding carboxylic acids is 1. The van der Waals surface area contributed by atoms with Gasteiger partial charge < -0.3 is 10.1 Å². The van der Waals surface area contributed by atoms with Crippen molar-refractivity contribution in [3.05, 3.63) is 53.6 Å². The Morgan fingerprint density at radius 3 is 2.00 bits per heavy atom. The van der Waals surface area contributed by atoms with Crippen LogP contribution in [0.1, 0.15) is 25.0 Å². The van der Waals surface area contributed by atoms with Crippen LogP contribution in [0.15, 0.2) is 52.3 Å². The average molecular weight is 498 g/mol. The van der Waals surface area contributed by atoms with E-state index in [-0.39, 0.29) is 28.8 Å². The minimum absolute atomic E-state index is 0.174. The lowest BCUT2D eigenvalue weighted by atomic mass is 10.2. The molecule has 1 N–H and O–H groups in total. The summed E-state index contributed by atoms with van der Waals surface area (Å²) in [7, 11) is -4.15. The zero-order chi connectivity index (χ0) is 24.8. The highest BCUT2D eigenvalue weighted by Gasteiger charge is 2.22. The van der Waals surface area contributed by atoms with Gasteiger partial charge in [-0.1, -0.05) is 26.0 Å². The number of rotatable bonds is 11. The van der Waals surface area contributed by atoms with E-state index in [1.165, 1.54) is 42.7 Å². The predicted octanol–water partition coefficient (Wildman–Crippen LogP) is 1.97. The molecule has 2 aromatic carbocycles. The van der Waals surface area contributed by atoms with E-state index in [9.17, 15) is 21.6 Å². The molecule has 0 fully saturated rings. The van der Waals surface area contributed by atoms with Crippen LogP contribution in [0.4, 0.5) is 0 Å². The van der Waals surface area contributed by atoms with Crippen molar-refractivity contribution in [3.8, 4) is 5.75 Å². The van der Waals surface area contributed by atoms with E-state index in [4.69, 9.17) is 4.74 Å². The van der Waals surface area contributed by atoms with Crippen molar-refractivity contribution in [2.75, 3.05) is 33.8 Å². The molecule has 11 heteroatoms. The summed E-state index contributed by atoms with van der Waals surface area (Å²) in [6.07, 6.45) is 0. The van der Waals surface area contributed by atoms with E-state index in [0.29, 0.717) is 24.4 Å². The van der Waals surface area contributed by atoms with Crippen LogP contribution in [0.2, 0.25) is 0 Å². The second kappa shape index (κ2) is 11.1. The number of benzene rings is 2. The molecule has 0 heterocycles. The maximum Gasteiger partial charge on any atom is 0.258 e. The van der Waals surface area contributed by atoms with Crippen molar-refractivity contribution in [3.63, 3.8) is 0 Å². The lowest BCUT2D eigenvalue weighted by molar-refractivity contribution is -0.123. The SMILES string of the molecule is CCN(CC)S(=O)(=O)c1ccc(OCC(=O)NCc2ccc(S(=O)(=O)N(C)C)cc2)c(C)c1. The first kappa shape index (κ1) is 26.8. The topological polar surface area (TPSA) is 113 Å². The van der Waals surface area contributed by atoms with Crippen LogP contribution < -0.4 is 10.1 Å². The molecule has 1 amide bonds. The largest absolute Gasteiger partial charge is 0.484 e. The van der Waals surface area contributed by atoms with Gasteiger partial charge in [-0.25, -0.2) is 21.1 Å². The fraction of sp³-hybridized carbons (Fsp3) is 0.409. The number of amides is 1. The first-order valence-electron chi connectivity index (χ1n) is 10.4. The van der Waals surface area contributed by atoms with Gasteiger partial charge in [-0.3, -0.25) is 4.79 Å². The van der Waals surface area contributed by atoms with Crippen molar-refractivity contribution in [1.29, 1.82) is 0 Å². The van der Waals surface area contributed by atoms with Crippen LogP contribution in [0, 0.1) is 6.92 Å². The Labute approximate surface area is 196 Å². The van der Waals surface area contributed by atoms with Crippen LogP contribution in [0.25, 0.3) is 0 Å². The Kier molecular flexibility index (Phi) is 9.01. The van der Waals surface area contributed by atoms with Crippen molar-refractivity contribution < 1.29 is 26.4 Å². The Hall–Kier alpha value is -2.47. The second-order valence-electron chi connectivity index (χ2n) is 7.51. The van der Waals surface area contributed by atoms with Crippen LogP contribution >= 0.6 is 0 Å². The van der Waals surface area contributed by atoms with E-state index in [1.54, 1.807) is 39.0 Å². The summed E-state index contributed by atoms with van der Waals surface area (Å²) in [5.41, 5.74) is 1.34. The monoisotopic (exact) mass is 497 g/mol. The molecule has 2 rings (SSSR count). The fourth-order valence-corrected chi connectivity index (χ4v) is 5.49. The van der Waals surface area contributed by atoms with Gasteiger partial charge in [0.15, 0.2) is 6.61 Å². The maximum absolute atomic E-state index is 12.6. The third kappa shape index (κ3) is 6.53. The quantitative estimate of drug-likeness (QED) is 0.508. The third-order valence-corrected chi connectivity index (χ3v) is 8.92. The van der Waals surface area contributed by atoms with E-state index in [0.717, 1.165) is 9.87 Å². The van der Waals surface area contributed by atoms with Crippen molar-refractivity contribution in [2.24, 2.45) is 0 Å². The number of hydrogen-bond donors (Lipinski definition) is 1. The first-order valence-corrected chi connectivity index (χ1v) is 13.3. The molecule has 0 aliphatic heterocycles. The number of sulfonamides is 2. The van der Waals surface area contributed by atoms with Crippen LogP contribution in [0.3, 0.4) is 0 Å². The molecule has 0 bridgehead atoms. The van der Waals surface area contributed by atoms with Crippen molar-refractivity contribution >= 4 is 26.0 Å². The fourth-order valence-electron chi connectivity index (χ4n) is 3.04. The van der Waals surface area contributed by atoms with Gasteiger partial charge in [-0.05, 0) is 48.4 Å². The molecule has 0 unspecified atom stereocenters. The predicted molar refractivity (Wildman–Crippen MR) is 126 cm³/mol. The molecule has 0 aromatic heterocycles. The highest BCUT2D eigenvalue weighted by atomic mass is 32.2. The van der Waals surface area contributed by atoms with Gasteiger partial charge in [0.2, 0.25) is 20.0 Å². The molecule has 9 nitrogen and oxygen atoms in total. The Bertz CT molecular complexity index is 1170. The maximum atomic E-state index is 12.6. The number of carbonyl (C=O) groups is 1. The number of nitrogens with one attached hydrogen (secondary N) is 1. The van der Waals surface area contributed by atoms with Crippen molar-refractivity contribution in [2.45, 2.75) is 37.1 Å². The Morgan fingerprint density at radius 2 is 1.48 bits per heavy atom. The Morgan fingerprint density at radius 1 is 0.909 bits per heavy atom. The van der Waals surface area contributed by atoms with E-state index in [2.05, 4.69) is 5.32 Å². The highest BCUT2D eigenvalue weighted by molar-refractivity contribution is 7.89. The van der Waals surface area contributed by atoms with Crippen LogP contribution in [-0.4, -0.2) is 65.1 Å². The second-order valence-corrected chi connectivity index (χ2v) is 11.6. The third-order valence-electron chi connectivity index (χ3n) is 5.04. The molecule has 0 aliphatic carbocycles. The summed E-state index contributed by atoms with van der Waals surface area (Å²) < 4.78 is 57.5. The van der Waals surface area contributed by atoms with Gasteiger partial charge >= 0.3 is 0 Å². The number of hydrogen-bond acceptors (Lipinski definition) is 6. The van der Waals surface area contributed by atoms with Gasteiger partial charge in [0.1, 0.15) is 5.75 Å². The molecule has 33 heavy (non-hydrogen) atoms. The molecule has 0 atom stereocenters. The summed E-state index contributed by atoms with van der Waals surface area (Å²) >= 11 is 0. The number of aryl methyl sites for hydroxylation is 1. The molecule has 0 saturated carbocycles. The van der Waals surface area contributed by atoms with E-state index in [1.807, 2.05) is 0 Å². The van der Waals surface area contributed by atoms with Gasteiger partial charge in [0.25, 0.3) is 5.91 Å². The van der Waals surface area contributed by atoms with Gasteiger partial charge in [-0.2, -0.15) is 4.31 Å². The average Bonchev–Trinajstić information content (AvgIpc) is 2.77. The van der Waals surface area contributed by atoms with E-state index < -0.39 is 20.0 Å². The Balaban J connectivity index is 1.95. The molecular weight excluding hydrogens is 466 g/mol. The molecular formula is C22H31N3O6S2. The summed E-state index contributed by atoms with van der Waals surface area (Å²) in [5.74, 6) is 0.0566. The molecule has 0 spiro atoms. The van der Waals surface area contributed by atoms with Crippen molar-refractivity contribution in [1.82, 2.24) is 13.9 Å². The van der Waals surface area contributed by atoms with E-state index >= 15 is 0 Å². The van der Waals surface area contributed by atoms with Crippen LogP contribution in [-0.2, 0) is 31.4 Å². The van der Waals surface area contributed by atoms with Gasteiger partial charge in [-0.15, -0.1) is 0 Å². The number of nitrogens with zero attached hydrogens (tertiary/aromatic N) is 2. The number of ether oxygens (including phenoxy) is 1. The summed E-state index contributed by atoms with van der Waals surface area (Å²) in [5, 5.41) is 2.71. The lowest BCUT2D eigenvalue weighted by Crippen LogP contribution is -2.30. The molecule has 182 valence electrons. The first-order chi connectivity index (χ1) is 15.4. The lowest BCUT2D eigenvalue weighted by Gasteiger charge is -2.19. The van der Waals surface area contributed by atoms with Crippen LogP contribution in [0.5, 0.6) is 5.75 Å². The summed E-state index contributed by atoms with van der Waals surface area (Å²) in [6.45, 7) is 6.02. The summed E-state index contributed by atoms with van der Waals surface area (Å²) in [4.78, 5) is 12.5. The zero-order valence-electron chi connectivity index (χ0n) is 19.5. The molecule has 0 radical (unpaired) electrons. The minimum Gasteiger partial charge on any atom is -0.484 e. The van der Waals surface area contributed by atoms with Gasteiger partial charge in [0.05, 0.1) is 9.79 Å². The summed E-state index contributed by atoms with van der Waals surface area (Å²) in [6, 6.07) is 10.8. The molecule has 0 saturated heterocycles.